The van der Waals surface area contributed by atoms with E-state index < -0.39 is 11.7 Å². The number of rotatable bonds is 4. The van der Waals surface area contributed by atoms with Gasteiger partial charge in [-0.2, -0.15) is 13.2 Å². The highest BCUT2D eigenvalue weighted by molar-refractivity contribution is 6.32. The first-order chi connectivity index (χ1) is 12.2. The molecule has 0 unspecified atom stereocenters. The van der Waals surface area contributed by atoms with Gasteiger partial charge in [-0.3, -0.25) is 9.59 Å². The Hall–Kier alpha value is -2.06. The SMILES string of the molecule is COCC(=O)N1CCN(C(=O)C=Cc2cc(C(F)(F)F)ccc2Cl)CC1. The molecule has 9 heteroatoms. The Kier molecular flexibility index (Phi) is 6.66. The average Bonchev–Trinajstić information content (AvgIpc) is 2.60. The van der Waals surface area contributed by atoms with Crippen LogP contribution in [0, 0.1) is 0 Å². The highest BCUT2D eigenvalue weighted by atomic mass is 35.5. The second-order valence-electron chi connectivity index (χ2n) is 5.71. The molecule has 1 aromatic carbocycles. The summed E-state index contributed by atoms with van der Waals surface area (Å²) in [6, 6.07) is 2.93. The molecule has 0 bridgehead atoms. The van der Waals surface area contributed by atoms with Crippen LogP contribution >= 0.6 is 11.6 Å². The first-order valence-corrected chi connectivity index (χ1v) is 8.20. The summed E-state index contributed by atoms with van der Waals surface area (Å²) in [6.07, 6.45) is -2.03. The highest BCUT2D eigenvalue weighted by Gasteiger charge is 2.30. The summed E-state index contributed by atoms with van der Waals surface area (Å²) < 4.78 is 43.1. The van der Waals surface area contributed by atoms with Crippen molar-refractivity contribution >= 4 is 29.5 Å². The number of hydrogen-bond donors (Lipinski definition) is 0. The fourth-order valence-electron chi connectivity index (χ4n) is 2.51. The van der Waals surface area contributed by atoms with E-state index in [0.29, 0.717) is 26.2 Å². The molecule has 2 amide bonds. The van der Waals surface area contributed by atoms with Gasteiger partial charge in [0.25, 0.3) is 0 Å². The van der Waals surface area contributed by atoms with Crippen LogP contribution in [0.5, 0.6) is 0 Å². The number of piperazine rings is 1. The number of carbonyl (C=O) groups excluding carboxylic acids is 2. The molecule has 1 heterocycles. The molecule has 1 aromatic rings. The number of methoxy groups -OCH3 is 1. The Bertz CT molecular complexity index is 699. The topological polar surface area (TPSA) is 49.9 Å². The molecule has 5 nitrogen and oxygen atoms in total. The highest BCUT2D eigenvalue weighted by Crippen LogP contribution is 2.32. The molecular formula is C17H18ClF3N2O3. The third kappa shape index (κ3) is 5.22. The average molecular weight is 391 g/mol. The van der Waals surface area contributed by atoms with Gasteiger partial charge in [0.15, 0.2) is 0 Å². The first kappa shape index (κ1) is 20.3. The van der Waals surface area contributed by atoms with Gasteiger partial charge >= 0.3 is 6.18 Å². The Labute approximate surface area is 154 Å². The van der Waals surface area contributed by atoms with Crippen molar-refractivity contribution in [1.82, 2.24) is 9.80 Å². The maximum Gasteiger partial charge on any atom is 0.416 e. The molecule has 1 aliphatic rings. The zero-order valence-electron chi connectivity index (χ0n) is 14.1. The van der Waals surface area contributed by atoms with E-state index in [1.807, 2.05) is 0 Å². The maximum absolute atomic E-state index is 12.8. The number of carbonyl (C=O) groups is 2. The normalized spacial score (nSPS) is 15.6. The summed E-state index contributed by atoms with van der Waals surface area (Å²) in [5.74, 6) is -0.497. The number of halogens is 4. The summed E-state index contributed by atoms with van der Waals surface area (Å²) >= 11 is 5.90. The molecule has 0 saturated carbocycles. The van der Waals surface area contributed by atoms with Crippen LogP contribution in [0.2, 0.25) is 5.02 Å². The van der Waals surface area contributed by atoms with E-state index >= 15 is 0 Å². The van der Waals surface area contributed by atoms with Gasteiger partial charge in [-0.15, -0.1) is 0 Å². The lowest BCUT2D eigenvalue weighted by Crippen LogP contribution is -2.51. The molecule has 0 radical (unpaired) electrons. The van der Waals surface area contributed by atoms with Gasteiger partial charge in [0.05, 0.1) is 5.56 Å². The van der Waals surface area contributed by atoms with Crippen molar-refractivity contribution in [2.45, 2.75) is 6.18 Å². The van der Waals surface area contributed by atoms with Gasteiger partial charge in [0, 0.05) is 44.4 Å². The van der Waals surface area contributed by atoms with E-state index in [4.69, 9.17) is 16.3 Å². The number of amides is 2. The van der Waals surface area contributed by atoms with Gasteiger partial charge < -0.3 is 14.5 Å². The zero-order valence-corrected chi connectivity index (χ0v) is 14.8. The Morgan fingerprint density at radius 1 is 1.19 bits per heavy atom. The number of nitrogens with zero attached hydrogens (tertiary/aromatic N) is 2. The Morgan fingerprint density at radius 3 is 2.38 bits per heavy atom. The minimum absolute atomic E-state index is 0.0120. The van der Waals surface area contributed by atoms with E-state index in [2.05, 4.69) is 0 Å². The number of ether oxygens (including phenoxy) is 1. The smallest absolute Gasteiger partial charge is 0.375 e. The van der Waals surface area contributed by atoms with E-state index in [1.54, 1.807) is 4.90 Å². The van der Waals surface area contributed by atoms with Crippen LogP contribution in [-0.2, 0) is 20.5 Å². The lowest BCUT2D eigenvalue weighted by atomic mass is 10.1. The molecule has 0 spiro atoms. The molecule has 1 aliphatic heterocycles. The fraction of sp³-hybridized carbons (Fsp3) is 0.412. The van der Waals surface area contributed by atoms with Crippen molar-refractivity contribution in [3.8, 4) is 0 Å². The van der Waals surface area contributed by atoms with E-state index in [1.165, 1.54) is 24.2 Å². The maximum atomic E-state index is 12.8. The van der Waals surface area contributed by atoms with Gasteiger partial charge in [-0.25, -0.2) is 0 Å². The molecule has 0 N–H and O–H groups in total. The van der Waals surface area contributed by atoms with Crippen molar-refractivity contribution in [1.29, 1.82) is 0 Å². The molecule has 0 atom stereocenters. The summed E-state index contributed by atoms with van der Waals surface area (Å²) in [6.45, 7) is 1.43. The summed E-state index contributed by atoms with van der Waals surface area (Å²) in [5.41, 5.74) is -0.719. The van der Waals surface area contributed by atoms with Crippen LogP contribution in [0.3, 0.4) is 0 Å². The first-order valence-electron chi connectivity index (χ1n) is 7.83. The minimum Gasteiger partial charge on any atom is -0.375 e. The van der Waals surface area contributed by atoms with Crippen molar-refractivity contribution in [3.05, 3.63) is 40.4 Å². The summed E-state index contributed by atoms with van der Waals surface area (Å²) in [7, 11) is 1.43. The van der Waals surface area contributed by atoms with Crippen LogP contribution in [0.15, 0.2) is 24.3 Å². The van der Waals surface area contributed by atoms with Crippen molar-refractivity contribution in [2.24, 2.45) is 0 Å². The Morgan fingerprint density at radius 2 is 1.81 bits per heavy atom. The van der Waals surface area contributed by atoms with Gasteiger partial charge in [0.2, 0.25) is 11.8 Å². The van der Waals surface area contributed by atoms with Crippen LogP contribution in [0.25, 0.3) is 6.08 Å². The molecule has 1 saturated heterocycles. The summed E-state index contributed by atoms with van der Waals surface area (Å²) in [4.78, 5) is 27.0. The number of alkyl halides is 3. The fourth-order valence-corrected chi connectivity index (χ4v) is 2.69. The summed E-state index contributed by atoms with van der Waals surface area (Å²) in [5, 5.41) is 0.122. The van der Waals surface area contributed by atoms with Crippen LogP contribution in [0.1, 0.15) is 11.1 Å². The molecular weight excluding hydrogens is 373 g/mol. The number of benzene rings is 1. The molecule has 0 aliphatic carbocycles. The quantitative estimate of drug-likeness (QED) is 0.743. The van der Waals surface area contributed by atoms with Crippen LogP contribution < -0.4 is 0 Å². The lowest BCUT2D eigenvalue weighted by molar-refractivity contribution is -0.140. The molecule has 142 valence electrons. The standard InChI is InChI=1S/C17H18ClF3N2O3/c1-26-11-16(25)23-8-6-22(7-9-23)15(24)5-2-12-10-13(17(19,20)21)3-4-14(12)18/h2-5,10H,6-9,11H2,1H3. The lowest BCUT2D eigenvalue weighted by Gasteiger charge is -2.34. The van der Waals surface area contributed by atoms with Crippen molar-refractivity contribution < 1.29 is 27.5 Å². The third-order valence-corrected chi connectivity index (χ3v) is 4.28. The minimum atomic E-state index is -4.48. The zero-order chi connectivity index (χ0) is 19.3. The predicted octanol–water partition coefficient (Wildman–Crippen LogP) is 2.69. The van der Waals surface area contributed by atoms with E-state index in [-0.39, 0.29) is 29.0 Å². The number of hydrogen-bond acceptors (Lipinski definition) is 3. The predicted molar refractivity (Wildman–Crippen MR) is 90.5 cm³/mol. The van der Waals surface area contributed by atoms with Crippen LogP contribution in [0.4, 0.5) is 13.2 Å². The van der Waals surface area contributed by atoms with Crippen molar-refractivity contribution in [2.75, 3.05) is 39.9 Å². The van der Waals surface area contributed by atoms with Crippen molar-refractivity contribution in [3.63, 3.8) is 0 Å². The Balaban J connectivity index is 1.99. The second-order valence-corrected chi connectivity index (χ2v) is 6.11. The molecule has 26 heavy (non-hydrogen) atoms. The second kappa shape index (κ2) is 8.55. The largest absolute Gasteiger partial charge is 0.416 e. The third-order valence-electron chi connectivity index (χ3n) is 3.94. The molecule has 1 fully saturated rings. The van der Waals surface area contributed by atoms with E-state index in [9.17, 15) is 22.8 Å². The van der Waals surface area contributed by atoms with Gasteiger partial charge in [-0.05, 0) is 29.8 Å². The molecule has 2 rings (SSSR count). The van der Waals surface area contributed by atoms with Crippen LogP contribution in [-0.4, -0.2) is 61.5 Å². The van der Waals surface area contributed by atoms with E-state index in [0.717, 1.165) is 18.2 Å². The monoisotopic (exact) mass is 390 g/mol. The van der Waals surface area contributed by atoms with Gasteiger partial charge in [0.1, 0.15) is 6.61 Å². The molecule has 0 aromatic heterocycles. The van der Waals surface area contributed by atoms with Gasteiger partial charge in [-0.1, -0.05) is 11.6 Å².